The molecule has 18 nitrogen and oxygen atoms in total. The van der Waals surface area contributed by atoms with Crippen LogP contribution in [0.25, 0.3) is 21.7 Å². The third kappa shape index (κ3) is 13.6. The van der Waals surface area contributed by atoms with Crippen molar-refractivity contribution in [1.29, 1.82) is 0 Å². The summed E-state index contributed by atoms with van der Waals surface area (Å²) in [6, 6.07) is 22.6. The molecule has 22 heteroatoms. The van der Waals surface area contributed by atoms with E-state index in [1.165, 1.54) is 11.8 Å². The predicted octanol–water partition coefficient (Wildman–Crippen LogP) is 6.96. The van der Waals surface area contributed by atoms with Crippen molar-refractivity contribution in [3.63, 3.8) is 0 Å². The molecule has 4 aliphatic rings. The van der Waals surface area contributed by atoms with Gasteiger partial charge in [0.15, 0.2) is 0 Å². The molecule has 0 N–H and O–H groups in total. The minimum Gasteiger partial charge on any atom is -0.466 e. The summed E-state index contributed by atoms with van der Waals surface area (Å²) in [6.45, 7) is 12.5. The van der Waals surface area contributed by atoms with Crippen LogP contribution >= 0.6 is 12.0 Å². The van der Waals surface area contributed by atoms with Crippen molar-refractivity contribution in [3.05, 3.63) is 112 Å². The summed E-state index contributed by atoms with van der Waals surface area (Å²) < 4.78 is 41.2. The van der Waals surface area contributed by atoms with Gasteiger partial charge in [-0.05, 0) is 110 Å². The number of aromatic nitrogens is 3. The van der Waals surface area contributed by atoms with E-state index in [0.717, 1.165) is 39.2 Å². The van der Waals surface area contributed by atoms with Crippen molar-refractivity contribution in [2.45, 2.75) is 70.1 Å². The summed E-state index contributed by atoms with van der Waals surface area (Å²) in [5.41, 5.74) is 13.2. The Morgan fingerprint density at radius 2 is 1.29 bits per heavy atom. The number of azide groups is 1. The van der Waals surface area contributed by atoms with E-state index < -0.39 is 10.0 Å². The fourth-order valence-electron chi connectivity index (χ4n) is 9.42. The maximum atomic E-state index is 12.8. The number of aryl methyl sites for hydroxylation is 1. The molecule has 0 spiro atoms. The number of rotatable bonds is 14. The molecule has 4 fully saturated rings. The van der Waals surface area contributed by atoms with Crippen LogP contribution in [0.2, 0.25) is 0 Å². The minimum absolute atomic E-state index is 0. The summed E-state index contributed by atoms with van der Waals surface area (Å²) in [4.78, 5) is 63.1. The van der Waals surface area contributed by atoms with Crippen molar-refractivity contribution in [2.75, 3.05) is 13.2 Å². The van der Waals surface area contributed by atoms with E-state index in [9.17, 15) is 18.0 Å². The van der Waals surface area contributed by atoms with Gasteiger partial charge in [-0.15, -0.1) is 15.6 Å². The van der Waals surface area contributed by atoms with Crippen molar-refractivity contribution in [2.24, 2.45) is 40.8 Å². The summed E-state index contributed by atoms with van der Waals surface area (Å²) in [6.07, 6.45) is 9.46. The van der Waals surface area contributed by atoms with Crippen LogP contribution in [0.3, 0.4) is 0 Å². The zero-order valence-corrected chi connectivity index (χ0v) is 43.9. The molecule has 4 saturated carbocycles. The van der Waals surface area contributed by atoms with Crippen LogP contribution in [0.1, 0.15) is 69.7 Å². The number of carbonyl (C=O) groups excluding carboxylic acids is 6. The van der Waals surface area contributed by atoms with E-state index in [1.54, 1.807) is 31.2 Å². The number of benzene rings is 3. The average molecular weight is 1150 g/mol. The molecular weight excluding hydrogens is 1100 g/mol. The predicted molar refractivity (Wildman–Crippen MR) is 250 cm³/mol. The first kappa shape index (κ1) is 61.4. The van der Waals surface area contributed by atoms with Crippen molar-refractivity contribution in [1.82, 2.24) is 14.4 Å². The van der Waals surface area contributed by atoms with Crippen LogP contribution in [0.15, 0.2) is 89.2 Å². The molecule has 1 heterocycles. The second-order valence-electron chi connectivity index (χ2n) is 15.4. The van der Waals surface area contributed by atoms with Crippen LogP contribution in [0, 0.1) is 89.6 Å². The third-order valence-electron chi connectivity index (χ3n) is 12.3. The van der Waals surface area contributed by atoms with Gasteiger partial charge in [0.05, 0.1) is 36.1 Å². The fourth-order valence-corrected chi connectivity index (χ4v) is 10.7. The number of terminal acetylenes is 1. The smallest absolute Gasteiger partial charge is 0.373 e. The zero-order chi connectivity index (χ0) is 51.5. The van der Waals surface area contributed by atoms with E-state index in [1.807, 2.05) is 57.2 Å². The SMILES string of the molecule is C#Cc1ccc(C23C(CC)C2C3C(=O)OCC)cc1.CC#CC#CC#CSOON=[N+]=[N-].CCOC(=O)C1C2C(CC)C12c1ccc(-c2cn(S(=O)(=O)c3ccc(C)cc3)nn2)cc1.O=C=O.O=C=O.[Cu].[Tc]. The van der Waals surface area contributed by atoms with Gasteiger partial charge in [-0.1, -0.05) is 102 Å². The first-order chi connectivity index (χ1) is 33.8. The Morgan fingerprint density at radius 1 is 0.806 bits per heavy atom. The Kier molecular flexibility index (Phi) is 24.7. The number of ether oxygens (including phenoxy) is 2. The van der Waals surface area contributed by atoms with E-state index >= 15 is 0 Å². The minimum atomic E-state index is -3.80. The second-order valence-corrected chi connectivity index (χ2v) is 17.7. The van der Waals surface area contributed by atoms with E-state index in [4.69, 9.17) is 40.6 Å². The van der Waals surface area contributed by atoms with Gasteiger partial charge in [-0.2, -0.15) is 27.6 Å². The van der Waals surface area contributed by atoms with Crippen LogP contribution in [0.5, 0.6) is 0 Å². The largest absolute Gasteiger partial charge is 0.466 e. The molecule has 72 heavy (non-hydrogen) atoms. The number of hydrogen-bond donors (Lipinski definition) is 0. The quantitative estimate of drug-likeness (QED) is 0.0118. The van der Waals surface area contributed by atoms with Gasteiger partial charge in [-0.3, -0.25) is 9.59 Å². The zero-order valence-electron chi connectivity index (χ0n) is 39.5. The van der Waals surface area contributed by atoms with Crippen molar-refractivity contribution >= 4 is 46.3 Å². The molecule has 2 radical (unpaired) electrons. The van der Waals surface area contributed by atoms with Crippen molar-refractivity contribution < 1.29 is 93.2 Å². The first-order valence-corrected chi connectivity index (χ1v) is 23.7. The summed E-state index contributed by atoms with van der Waals surface area (Å²) in [7, 11) is -3.80. The van der Waals surface area contributed by atoms with Gasteiger partial charge in [0, 0.05) is 75.2 Å². The topological polar surface area (TPSA) is 253 Å². The molecule has 0 aliphatic heterocycles. The summed E-state index contributed by atoms with van der Waals surface area (Å²) in [5, 5.41) is 13.0. The normalized spacial score (nSPS) is 21.7. The van der Waals surface area contributed by atoms with Crippen LogP contribution in [0.4, 0.5) is 0 Å². The van der Waals surface area contributed by atoms with Gasteiger partial charge in [0.2, 0.25) is 0 Å². The molecule has 1 aromatic heterocycles. The van der Waals surface area contributed by atoms with Gasteiger partial charge >= 0.3 is 24.2 Å². The monoisotopic (exact) mass is 1150 g/mol. The van der Waals surface area contributed by atoms with E-state index in [-0.39, 0.29) is 89.0 Å². The number of nitrogens with zero attached hydrogens (tertiary/aromatic N) is 6. The number of carbonyl (C=O) groups is 2. The Balaban J connectivity index is 0.000000379. The molecule has 0 amide bonds. The third-order valence-corrected chi connectivity index (χ3v) is 14.1. The summed E-state index contributed by atoms with van der Waals surface area (Å²) in [5.74, 6) is 16.9. The maximum absolute atomic E-state index is 12.8. The van der Waals surface area contributed by atoms with Crippen LogP contribution in [-0.4, -0.2) is 60.3 Å². The van der Waals surface area contributed by atoms with E-state index in [0.29, 0.717) is 54.6 Å². The number of esters is 2. The Labute approximate surface area is 445 Å². The molecule has 378 valence electrons. The second kappa shape index (κ2) is 29.0. The van der Waals surface area contributed by atoms with Gasteiger partial charge in [-0.25, -0.2) is 4.99 Å². The molecule has 0 bridgehead atoms. The van der Waals surface area contributed by atoms with Gasteiger partial charge in [0.25, 0.3) is 10.0 Å². The molecule has 8 unspecified atom stereocenters. The Morgan fingerprint density at radius 3 is 1.74 bits per heavy atom. The molecule has 8 atom stereocenters. The van der Waals surface area contributed by atoms with Crippen molar-refractivity contribution in [3.8, 4) is 58.5 Å². The van der Waals surface area contributed by atoms with Crippen LogP contribution in [-0.2, 0) is 106 Å². The maximum Gasteiger partial charge on any atom is 0.373 e. The van der Waals surface area contributed by atoms with E-state index in [2.05, 4.69) is 96.6 Å². The Bertz CT molecular complexity index is 2980. The molecular formula is C50H46CuN6O12S2Tc. The molecule has 8 rings (SSSR count). The standard InChI is InChI=1S/C24H25N3O4S.C17H18O2.C7H3N3O2S.2CO2.Cu.Tc/c1-4-19-21-22(23(28)31-5-2)24(19,21)17-10-8-16(9-11-17)20-14-27(26-25-20)32(29,30)18-12-6-15(3)7-13-18;1-4-11-7-9-12(10-8-11)17-13(5-2)14(17)15(17)16(18)19-6-3;1-2-3-4-5-6-7-13-12-11-10-9-8;2*2-1-3;;/h6-14,19,21-22H,4-5H2,1-3H3;1,7-10,13-15H,5-6H2,2-3H3;1H3;;;;. The van der Waals surface area contributed by atoms with Gasteiger partial charge < -0.3 is 9.47 Å². The summed E-state index contributed by atoms with van der Waals surface area (Å²) >= 11 is 0.652. The fraction of sp³-hybridized carbons (Fsp3) is 0.360. The van der Waals surface area contributed by atoms with Gasteiger partial charge in [0.1, 0.15) is 23.0 Å². The molecule has 4 aromatic rings. The Hall–Kier alpha value is -6.72. The number of fused-ring (bicyclic) bond motifs is 2. The number of hydrogen-bond acceptors (Lipinski definition) is 16. The molecule has 3 aromatic carbocycles. The van der Waals surface area contributed by atoms with Crippen LogP contribution < -0.4 is 0 Å². The average Bonchev–Trinajstić information content (AvgIpc) is 4.32. The molecule has 4 aliphatic carbocycles. The molecule has 0 saturated heterocycles. The first-order valence-electron chi connectivity index (χ1n) is 21.5.